The van der Waals surface area contributed by atoms with Gasteiger partial charge in [-0.3, -0.25) is 0 Å². The molecule has 0 bridgehead atoms. The van der Waals surface area contributed by atoms with Crippen LogP contribution in [-0.2, 0) is 6.61 Å². The number of aliphatic hydroxyl groups is 1. The highest BCUT2D eigenvalue weighted by molar-refractivity contribution is 7.99. The molecule has 2 nitrogen and oxygen atoms in total. The molecule has 1 saturated heterocycles. The van der Waals surface area contributed by atoms with Crippen LogP contribution in [0.3, 0.4) is 0 Å². The molecule has 82 valence electrons. The molecule has 1 fully saturated rings. The van der Waals surface area contributed by atoms with Gasteiger partial charge < -0.3 is 10.4 Å². The van der Waals surface area contributed by atoms with Gasteiger partial charge in [0.2, 0.25) is 0 Å². The van der Waals surface area contributed by atoms with E-state index in [4.69, 9.17) is 5.11 Å². The molecule has 0 aliphatic carbocycles. The second-order valence-corrected chi connectivity index (χ2v) is 5.08. The summed E-state index contributed by atoms with van der Waals surface area (Å²) in [6, 6.07) is 7.96. The third kappa shape index (κ3) is 2.89. The predicted octanol–water partition coefficient (Wildman–Crippen LogP) is 2.34. The molecule has 1 aliphatic rings. The second-order valence-electron chi connectivity index (χ2n) is 3.93. The number of nitrogens with one attached hydrogen (secondary N) is 1. The number of anilines is 1. The molecule has 1 aliphatic heterocycles. The summed E-state index contributed by atoms with van der Waals surface area (Å²) in [4.78, 5) is 0. The van der Waals surface area contributed by atoms with Gasteiger partial charge in [-0.2, -0.15) is 11.8 Å². The van der Waals surface area contributed by atoms with E-state index in [0.29, 0.717) is 0 Å². The van der Waals surface area contributed by atoms with Crippen molar-refractivity contribution >= 4 is 17.4 Å². The number of aliphatic hydroxyl groups excluding tert-OH is 1. The maximum Gasteiger partial charge on any atom is 0.0701 e. The average molecular weight is 223 g/mol. The Balaban J connectivity index is 1.91. The molecule has 1 unspecified atom stereocenters. The van der Waals surface area contributed by atoms with Crippen LogP contribution in [-0.4, -0.2) is 23.2 Å². The number of thioether (sulfide) groups is 1. The minimum Gasteiger partial charge on any atom is -0.392 e. The van der Waals surface area contributed by atoms with Crippen molar-refractivity contribution < 1.29 is 5.11 Å². The summed E-state index contributed by atoms with van der Waals surface area (Å²) in [5.41, 5.74) is 2.07. The number of hydrogen-bond donors (Lipinski definition) is 2. The summed E-state index contributed by atoms with van der Waals surface area (Å²) >= 11 is 2.04. The molecule has 0 amide bonds. The van der Waals surface area contributed by atoms with Gasteiger partial charge in [0.05, 0.1) is 6.61 Å². The largest absolute Gasteiger partial charge is 0.392 e. The Labute approximate surface area is 95.1 Å². The van der Waals surface area contributed by atoms with E-state index in [2.05, 4.69) is 5.32 Å². The van der Waals surface area contributed by atoms with E-state index in [1.807, 2.05) is 36.0 Å². The molecule has 0 aromatic heterocycles. The maximum absolute atomic E-state index is 9.17. The van der Waals surface area contributed by atoms with Crippen LogP contribution in [0.25, 0.3) is 0 Å². The first-order valence-corrected chi connectivity index (χ1v) is 6.56. The van der Waals surface area contributed by atoms with Crippen molar-refractivity contribution in [1.29, 1.82) is 0 Å². The van der Waals surface area contributed by atoms with Crippen LogP contribution in [0, 0.1) is 5.92 Å². The molecular weight excluding hydrogens is 206 g/mol. The van der Waals surface area contributed by atoms with Crippen LogP contribution in [0.5, 0.6) is 0 Å². The first kappa shape index (κ1) is 10.8. The lowest BCUT2D eigenvalue weighted by Crippen LogP contribution is -2.14. The lowest BCUT2D eigenvalue weighted by atomic mass is 10.1. The fourth-order valence-electron chi connectivity index (χ4n) is 1.83. The van der Waals surface area contributed by atoms with Crippen molar-refractivity contribution in [2.45, 2.75) is 13.0 Å². The summed E-state index contributed by atoms with van der Waals surface area (Å²) in [6.07, 6.45) is 1.32. The van der Waals surface area contributed by atoms with Crippen molar-refractivity contribution in [3.05, 3.63) is 29.8 Å². The normalized spacial score (nSPS) is 20.5. The molecule has 0 saturated carbocycles. The summed E-state index contributed by atoms with van der Waals surface area (Å²) in [5.74, 6) is 3.36. The molecular formula is C12H17NOS. The third-order valence-electron chi connectivity index (χ3n) is 2.79. The Morgan fingerprint density at radius 2 is 2.27 bits per heavy atom. The van der Waals surface area contributed by atoms with Gasteiger partial charge in [0, 0.05) is 17.8 Å². The summed E-state index contributed by atoms with van der Waals surface area (Å²) in [6.45, 7) is 1.15. The quantitative estimate of drug-likeness (QED) is 0.822. The molecule has 1 aromatic carbocycles. The van der Waals surface area contributed by atoms with Crippen molar-refractivity contribution in [3.63, 3.8) is 0 Å². The van der Waals surface area contributed by atoms with Gasteiger partial charge in [-0.25, -0.2) is 0 Å². The van der Waals surface area contributed by atoms with Crippen molar-refractivity contribution in [3.8, 4) is 0 Å². The van der Waals surface area contributed by atoms with Gasteiger partial charge >= 0.3 is 0 Å². The van der Waals surface area contributed by atoms with Crippen molar-refractivity contribution in [1.82, 2.24) is 0 Å². The van der Waals surface area contributed by atoms with Crippen LogP contribution in [0.1, 0.15) is 12.0 Å². The van der Waals surface area contributed by atoms with E-state index in [-0.39, 0.29) is 6.61 Å². The first-order valence-electron chi connectivity index (χ1n) is 5.40. The van der Waals surface area contributed by atoms with Crippen LogP contribution in [0.2, 0.25) is 0 Å². The Morgan fingerprint density at radius 1 is 1.40 bits per heavy atom. The predicted molar refractivity (Wildman–Crippen MR) is 66.3 cm³/mol. The molecule has 1 aromatic rings. The molecule has 0 spiro atoms. The van der Waals surface area contributed by atoms with Gasteiger partial charge in [-0.15, -0.1) is 0 Å². The average Bonchev–Trinajstić information content (AvgIpc) is 2.79. The standard InChI is InChI=1S/C12H17NOS/c14-8-11-3-1-2-4-12(11)13-7-10-5-6-15-9-10/h1-4,10,13-14H,5-9H2. The van der Waals surface area contributed by atoms with Gasteiger partial charge in [0.1, 0.15) is 0 Å². The lowest BCUT2D eigenvalue weighted by molar-refractivity contribution is 0.282. The zero-order chi connectivity index (χ0) is 10.5. The van der Waals surface area contributed by atoms with Crippen LogP contribution >= 0.6 is 11.8 Å². The monoisotopic (exact) mass is 223 g/mol. The zero-order valence-corrected chi connectivity index (χ0v) is 9.59. The molecule has 1 atom stereocenters. The van der Waals surface area contributed by atoms with Gasteiger partial charge in [-0.1, -0.05) is 18.2 Å². The molecule has 2 rings (SSSR count). The second kappa shape index (κ2) is 5.42. The van der Waals surface area contributed by atoms with E-state index >= 15 is 0 Å². The van der Waals surface area contributed by atoms with E-state index in [9.17, 15) is 0 Å². The van der Waals surface area contributed by atoms with E-state index < -0.39 is 0 Å². The highest BCUT2D eigenvalue weighted by atomic mass is 32.2. The molecule has 3 heteroatoms. The molecule has 2 N–H and O–H groups in total. The molecule has 1 heterocycles. The van der Waals surface area contributed by atoms with Crippen LogP contribution in [0.15, 0.2) is 24.3 Å². The number of hydrogen-bond acceptors (Lipinski definition) is 3. The van der Waals surface area contributed by atoms with E-state index in [1.54, 1.807) is 0 Å². The lowest BCUT2D eigenvalue weighted by Gasteiger charge is -2.13. The Bertz CT molecular complexity index is 310. The van der Waals surface area contributed by atoms with Gasteiger partial charge in [0.25, 0.3) is 0 Å². The minimum atomic E-state index is 0.114. The SMILES string of the molecule is OCc1ccccc1NCC1CCSC1. The first-order chi connectivity index (χ1) is 7.40. The Morgan fingerprint density at radius 3 is 3.00 bits per heavy atom. The topological polar surface area (TPSA) is 32.3 Å². The third-order valence-corrected chi connectivity index (χ3v) is 4.02. The van der Waals surface area contributed by atoms with Crippen molar-refractivity contribution in [2.24, 2.45) is 5.92 Å². The highest BCUT2D eigenvalue weighted by Crippen LogP contribution is 2.24. The minimum absolute atomic E-state index is 0.114. The molecule has 0 radical (unpaired) electrons. The number of benzene rings is 1. The number of rotatable bonds is 4. The fraction of sp³-hybridized carbons (Fsp3) is 0.500. The van der Waals surface area contributed by atoms with Gasteiger partial charge in [-0.05, 0) is 29.9 Å². The smallest absolute Gasteiger partial charge is 0.0701 e. The summed E-state index contributed by atoms with van der Waals surface area (Å²) in [7, 11) is 0. The summed E-state index contributed by atoms with van der Waals surface area (Å²) < 4.78 is 0. The van der Waals surface area contributed by atoms with E-state index in [0.717, 1.165) is 23.7 Å². The Hall–Kier alpha value is -0.670. The van der Waals surface area contributed by atoms with Gasteiger partial charge in [0.15, 0.2) is 0 Å². The zero-order valence-electron chi connectivity index (χ0n) is 8.78. The number of para-hydroxylation sites is 1. The fourth-order valence-corrected chi connectivity index (χ4v) is 3.11. The van der Waals surface area contributed by atoms with Crippen LogP contribution in [0.4, 0.5) is 5.69 Å². The van der Waals surface area contributed by atoms with E-state index in [1.165, 1.54) is 17.9 Å². The summed E-state index contributed by atoms with van der Waals surface area (Å²) in [5, 5.41) is 12.6. The Kier molecular flexibility index (Phi) is 3.92. The molecule has 15 heavy (non-hydrogen) atoms. The van der Waals surface area contributed by atoms with Crippen LogP contribution < -0.4 is 5.32 Å². The van der Waals surface area contributed by atoms with Crippen molar-refractivity contribution in [2.75, 3.05) is 23.4 Å². The maximum atomic E-state index is 9.17. The highest BCUT2D eigenvalue weighted by Gasteiger charge is 2.15.